The molecule has 24 heavy (non-hydrogen) atoms. The van der Waals surface area contributed by atoms with Crippen LogP contribution < -0.4 is 5.73 Å². The van der Waals surface area contributed by atoms with Crippen LogP contribution in [0.3, 0.4) is 0 Å². The van der Waals surface area contributed by atoms with Gasteiger partial charge in [-0.2, -0.15) is 0 Å². The van der Waals surface area contributed by atoms with E-state index in [1.54, 1.807) is 44.2 Å². The molecule has 0 bridgehead atoms. The molecule has 2 aromatic rings. The van der Waals surface area contributed by atoms with E-state index in [-0.39, 0.29) is 17.9 Å². The highest BCUT2D eigenvalue weighted by atomic mass is 19.1. The van der Waals surface area contributed by atoms with Gasteiger partial charge >= 0.3 is 5.97 Å². The molecule has 0 unspecified atom stereocenters. The summed E-state index contributed by atoms with van der Waals surface area (Å²) in [5, 5.41) is 0. The predicted octanol–water partition coefficient (Wildman–Crippen LogP) is 3.85. The minimum absolute atomic E-state index is 0.00581. The maximum Gasteiger partial charge on any atom is 0.311 e. The first-order chi connectivity index (χ1) is 11.3. The normalized spacial score (nSPS) is 11.2. The molecule has 0 fully saturated rings. The Morgan fingerprint density at radius 1 is 1.17 bits per heavy atom. The van der Waals surface area contributed by atoms with E-state index in [1.165, 1.54) is 19.2 Å². The average Bonchev–Trinajstić information content (AvgIpc) is 2.56. The molecule has 0 spiro atoms. The monoisotopic (exact) mass is 329 g/mol. The van der Waals surface area contributed by atoms with Crippen molar-refractivity contribution < 1.29 is 18.7 Å². The SMILES string of the molecule is COC(=O)C(C)(C)CC(=O)c1ccccc1-c1ccc(N)c(F)c1. The lowest BCUT2D eigenvalue weighted by atomic mass is 9.84. The van der Waals surface area contributed by atoms with Crippen molar-refractivity contribution in [1.82, 2.24) is 0 Å². The molecule has 0 saturated heterocycles. The lowest BCUT2D eigenvalue weighted by molar-refractivity contribution is -0.150. The van der Waals surface area contributed by atoms with Crippen molar-refractivity contribution in [2.24, 2.45) is 5.41 Å². The lowest BCUT2D eigenvalue weighted by Gasteiger charge is -2.21. The number of nitrogens with two attached hydrogens (primary N) is 1. The minimum atomic E-state index is -0.939. The largest absolute Gasteiger partial charge is 0.469 e. The first-order valence-electron chi connectivity index (χ1n) is 7.52. The molecule has 0 aliphatic carbocycles. The first-order valence-corrected chi connectivity index (χ1v) is 7.52. The summed E-state index contributed by atoms with van der Waals surface area (Å²) in [6.07, 6.45) is -0.00581. The highest BCUT2D eigenvalue weighted by Crippen LogP contribution is 2.30. The van der Waals surface area contributed by atoms with Gasteiger partial charge in [-0.05, 0) is 37.1 Å². The average molecular weight is 329 g/mol. The molecule has 0 radical (unpaired) electrons. The number of benzene rings is 2. The Labute approximate surface area is 140 Å². The van der Waals surface area contributed by atoms with Gasteiger partial charge in [-0.15, -0.1) is 0 Å². The number of carbonyl (C=O) groups excluding carboxylic acids is 2. The molecule has 0 aliphatic heterocycles. The number of methoxy groups -OCH3 is 1. The van der Waals surface area contributed by atoms with Gasteiger partial charge in [0, 0.05) is 12.0 Å². The quantitative estimate of drug-likeness (QED) is 0.514. The molecule has 0 aromatic heterocycles. The Kier molecular flexibility index (Phi) is 5.02. The minimum Gasteiger partial charge on any atom is -0.469 e. The van der Waals surface area contributed by atoms with Crippen LogP contribution in [0.4, 0.5) is 10.1 Å². The molecule has 0 aliphatic rings. The Morgan fingerprint density at radius 3 is 2.46 bits per heavy atom. The smallest absolute Gasteiger partial charge is 0.311 e. The molecule has 0 saturated carbocycles. The van der Waals surface area contributed by atoms with Crippen molar-refractivity contribution in [3.05, 3.63) is 53.8 Å². The number of nitrogen functional groups attached to an aromatic ring is 1. The summed E-state index contributed by atoms with van der Waals surface area (Å²) in [4.78, 5) is 24.5. The summed E-state index contributed by atoms with van der Waals surface area (Å²) in [7, 11) is 1.29. The summed E-state index contributed by atoms with van der Waals surface area (Å²) >= 11 is 0. The summed E-state index contributed by atoms with van der Waals surface area (Å²) in [6.45, 7) is 3.31. The Hall–Kier alpha value is -2.69. The topological polar surface area (TPSA) is 69.4 Å². The van der Waals surface area contributed by atoms with Crippen molar-refractivity contribution in [1.29, 1.82) is 0 Å². The fourth-order valence-electron chi connectivity index (χ4n) is 2.52. The third-order valence-electron chi connectivity index (χ3n) is 3.88. The van der Waals surface area contributed by atoms with E-state index in [1.807, 2.05) is 0 Å². The van der Waals surface area contributed by atoms with E-state index in [9.17, 15) is 14.0 Å². The van der Waals surface area contributed by atoms with Gasteiger partial charge in [0.1, 0.15) is 5.82 Å². The van der Waals surface area contributed by atoms with Crippen molar-refractivity contribution in [3.8, 4) is 11.1 Å². The molecule has 5 heteroatoms. The molecule has 126 valence electrons. The number of hydrogen-bond donors (Lipinski definition) is 1. The molecule has 2 aromatic carbocycles. The zero-order valence-corrected chi connectivity index (χ0v) is 13.9. The van der Waals surface area contributed by atoms with Gasteiger partial charge in [0.25, 0.3) is 0 Å². The number of carbonyl (C=O) groups is 2. The van der Waals surface area contributed by atoms with Crippen molar-refractivity contribution in [2.45, 2.75) is 20.3 Å². The third-order valence-corrected chi connectivity index (χ3v) is 3.88. The molecule has 0 amide bonds. The Balaban J connectivity index is 2.40. The lowest BCUT2D eigenvalue weighted by Crippen LogP contribution is -2.28. The summed E-state index contributed by atoms with van der Waals surface area (Å²) in [5.41, 5.74) is 6.20. The van der Waals surface area contributed by atoms with Crippen LogP contribution in [0.5, 0.6) is 0 Å². The van der Waals surface area contributed by atoms with Gasteiger partial charge in [0.2, 0.25) is 0 Å². The number of rotatable bonds is 5. The molecule has 2 N–H and O–H groups in total. The number of esters is 1. The molecule has 0 heterocycles. The highest BCUT2D eigenvalue weighted by molar-refractivity contribution is 6.04. The molecular formula is C19H20FNO3. The van der Waals surface area contributed by atoms with Crippen LogP contribution in [0.15, 0.2) is 42.5 Å². The zero-order valence-electron chi connectivity index (χ0n) is 13.9. The van der Waals surface area contributed by atoms with Crippen LogP contribution in [0.2, 0.25) is 0 Å². The Morgan fingerprint density at radius 2 is 1.83 bits per heavy atom. The molecule has 0 atom stereocenters. The van der Waals surface area contributed by atoms with Gasteiger partial charge < -0.3 is 10.5 Å². The van der Waals surface area contributed by atoms with E-state index in [0.717, 1.165) is 0 Å². The van der Waals surface area contributed by atoms with Gasteiger partial charge in [0.15, 0.2) is 5.78 Å². The number of halogens is 1. The van der Waals surface area contributed by atoms with E-state index < -0.39 is 17.2 Å². The molecule has 4 nitrogen and oxygen atoms in total. The summed E-state index contributed by atoms with van der Waals surface area (Å²) in [5.74, 6) is -1.20. The van der Waals surface area contributed by atoms with Crippen LogP contribution in [-0.2, 0) is 9.53 Å². The maximum absolute atomic E-state index is 13.7. The van der Waals surface area contributed by atoms with Gasteiger partial charge in [-0.3, -0.25) is 9.59 Å². The molecular weight excluding hydrogens is 309 g/mol. The summed E-state index contributed by atoms with van der Waals surface area (Å²) in [6, 6.07) is 11.3. The zero-order chi connectivity index (χ0) is 17.9. The fourth-order valence-corrected chi connectivity index (χ4v) is 2.52. The van der Waals surface area contributed by atoms with Crippen LogP contribution in [0, 0.1) is 11.2 Å². The van der Waals surface area contributed by atoms with Gasteiger partial charge in [-0.1, -0.05) is 30.3 Å². The second-order valence-electron chi connectivity index (χ2n) is 6.26. The van der Waals surface area contributed by atoms with Gasteiger partial charge in [0.05, 0.1) is 18.2 Å². The van der Waals surface area contributed by atoms with Crippen LogP contribution >= 0.6 is 0 Å². The predicted molar refractivity (Wildman–Crippen MR) is 91.0 cm³/mol. The highest BCUT2D eigenvalue weighted by Gasteiger charge is 2.32. The van der Waals surface area contributed by atoms with Crippen molar-refractivity contribution in [3.63, 3.8) is 0 Å². The second-order valence-corrected chi connectivity index (χ2v) is 6.26. The number of ketones is 1. The van der Waals surface area contributed by atoms with Crippen molar-refractivity contribution in [2.75, 3.05) is 12.8 Å². The van der Waals surface area contributed by atoms with Crippen molar-refractivity contribution >= 4 is 17.4 Å². The maximum atomic E-state index is 13.7. The number of Topliss-reactive ketones (excluding diaryl/α,β-unsaturated/α-hetero) is 1. The van der Waals surface area contributed by atoms with Crippen LogP contribution in [0.25, 0.3) is 11.1 Å². The van der Waals surface area contributed by atoms with Crippen LogP contribution in [-0.4, -0.2) is 18.9 Å². The van der Waals surface area contributed by atoms with E-state index in [4.69, 9.17) is 10.5 Å². The van der Waals surface area contributed by atoms with Gasteiger partial charge in [-0.25, -0.2) is 4.39 Å². The first kappa shape index (κ1) is 17.7. The molecule has 2 rings (SSSR count). The number of hydrogen-bond acceptors (Lipinski definition) is 4. The summed E-state index contributed by atoms with van der Waals surface area (Å²) < 4.78 is 18.5. The second kappa shape index (κ2) is 6.83. The van der Waals surface area contributed by atoms with E-state index >= 15 is 0 Å². The standard InChI is InChI=1S/C19H20FNO3/c1-19(2,18(23)24-3)11-17(22)14-7-5-4-6-13(14)12-8-9-16(21)15(20)10-12/h4-10H,11,21H2,1-3H3. The number of ether oxygens (including phenoxy) is 1. The van der Waals surface area contributed by atoms with E-state index in [2.05, 4.69) is 0 Å². The Bertz CT molecular complexity index is 784. The van der Waals surface area contributed by atoms with Crippen LogP contribution in [0.1, 0.15) is 30.6 Å². The number of anilines is 1. The fraction of sp³-hybridized carbons (Fsp3) is 0.263. The van der Waals surface area contributed by atoms with E-state index in [0.29, 0.717) is 16.7 Å². The third kappa shape index (κ3) is 3.62.